The molecular formula is C9H14BrIO. The van der Waals surface area contributed by atoms with Gasteiger partial charge in [-0.3, -0.25) is 0 Å². The van der Waals surface area contributed by atoms with E-state index in [1.807, 2.05) is 23.0 Å². The molecule has 0 atom stereocenters. The Morgan fingerprint density at radius 2 is 1.67 bits per heavy atom. The van der Waals surface area contributed by atoms with Gasteiger partial charge in [-0.15, -0.1) is 0 Å². The van der Waals surface area contributed by atoms with Gasteiger partial charge in [0.1, 0.15) is 23.0 Å². The summed E-state index contributed by atoms with van der Waals surface area (Å²) in [6.45, 7) is 9.01. The molecule has 0 aliphatic heterocycles. The third kappa shape index (κ3) is 4.05. The maximum absolute atomic E-state index is 5.08. The lowest BCUT2D eigenvalue weighted by Crippen LogP contribution is -1.95. The molecule has 0 aliphatic carbocycles. The zero-order valence-corrected chi connectivity index (χ0v) is 11.6. The van der Waals surface area contributed by atoms with Crippen molar-refractivity contribution in [1.29, 1.82) is 0 Å². The van der Waals surface area contributed by atoms with Crippen molar-refractivity contribution in [3.63, 3.8) is 0 Å². The van der Waals surface area contributed by atoms with Crippen molar-refractivity contribution in [3.05, 3.63) is 21.2 Å². The van der Waals surface area contributed by atoms with Gasteiger partial charge in [0.25, 0.3) is 0 Å². The fraction of sp³-hybridized carbons (Fsp3) is 0.556. The maximum Gasteiger partial charge on any atom is 0.110 e. The van der Waals surface area contributed by atoms with Crippen molar-refractivity contribution in [1.82, 2.24) is 0 Å². The number of rotatable bonds is 3. The van der Waals surface area contributed by atoms with E-state index in [0.29, 0.717) is 6.61 Å². The molecular weight excluding hydrogens is 331 g/mol. The Hall–Kier alpha value is 0.650. The molecule has 70 valence electrons. The second-order valence-electron chi connectivity index (χ2n) is 3.05. The summed E-state index contributed by atoms with van der Waals surface area (Å²) in [4.78, 5) is 0. The molecule has 0 heterocycles. The molecule has 3 heteroatoms. The van der Waals surface area contributed by atoms with Gasteiger partial charge >= 0.3 is 0 Å². The van der Waals surface area contributed by atoms with Crippen LogP contribution in [0.2, 0.25) is 0 Å². The zero-order chi connectivity index (χ0) is 9.72. The van der Waals surface area contributed by atoms with Crippen LogP contribution in [0.4, 0.5) is 0 Å². The first kappa shape index (κ1) is 12.7. The van der Waals surface area contributed by atoms with Crippen LogP contribution < -0.4 is 0 Å². The lowest BCUT2D eigenvalue weighted by molar-refractivity contribution is 0.475. The lowest BCUT2D eigenvalue weighted by atomic mass is 10.1. The van der Waals surface area contributed by atoms with Crippen molar-refractivity contribution in [3.8, 4) is 0 Å². The van der Waals surface area contributed by atoms with Gasteiger partial charge in [-0.05, 0) is 33.3 Å². The van der Waals surface area contributed by atoms with Crippen LogP contribution in [0.25, 0.3) is 0 Å². The molecule has 0 radical (unpaired) electrons. The SMILES string of the molecule is CC(C)=C(Br)C(COI)=C(C)C. The minimum atomic E-state index is 0.661. The Kier molecular flexibility index (Phi) is 6.49. The highest BCUT2D eigenvalue weighted by molar-refractivity contribution is 14.1. The van der Waals surface area contributed by atoms with Gasteiger partial charge in [0.05, 0.1) is 6.61 Å². The topological polar surface area (TPSA) is 9.23 Å². The Balaban J connectivity index is 4.79. The molecule has 0 aromatic rings. The van der Waals surface area contributed by atoms with Gasteiger partial charge in [-0.2, -0.15) is 0 Å². The summed E-state index contributed by atoms with van der Waals surface area (Å²) in [6, 6.07) is 0. The van der Waals surface area contributed by atoms with Gasteiger partial charge in [0.2, 0.25) is 0 Å². The molecule has 0 rings (SSSR count). The molecule has 1 nitrogen and oxygen atoms in total. The highest BCUT2D eigenvalue weighted by Crippen LogP contribution is 2.24. The molecule has 0 saturated carbocycles. The highest BCUT2D eigenvalue weighted by atomic mass is 127. The van der Waals surface area contributed by atoms with Crippen LogP contribution in [0.1, 0.15) is 27.7 Å². The van der Waals surface area contributed by atoms with Crippen LogP contribution in [0.15, 0.2) is 21.2 Å². The zero-order valence-electron chi connectivity index (χ0n) is 7.87. The number of hydrogen-bond donors (Lipinski definition) is 0. The van der Waals surface area contributed by atoms with Crippen LogP contribution in [-0.4, -0.2) is 6.61 Å². The Labute approximate surface area is 97.1 Å². The van der Waals surface area contributed by atoms with E-state index in [0.717, 1.165) is 0 Å². The number of allylic oxidation sites excluding steroid dienone is 2. The monoisotopic (exact) mass is 344 g/mol. The average molecular weight is 345 g/mol. The smallest absolute Gasteiger partial charge is 0.110 e. The predicted octanol–water partition coefficient (Wildman–Crippen LogP) is 4.38. The lowest BCUT2D eigenvalue weighted by Gasteiger charge is -2.08. The molecule has 0 N–H and O–H groups in total. The van der Waals surface area contributed by atoms with Gasteiger partial charge in [0, 0.05) is 4.48 Å². The van der Waals surface area contributed by atoms with Gasteiger partial charge in [-0.1, -0.05) is 27.1 Å². The highest BCUT2D eigenvalue weighted by Gasteiger charge is 2.05. The van der Waals surface area contributed by atoms with E-state index in [4.69, 9.17) is 3.07 Å². The van der Waals surface area contributed by atoms with Crippen LogP contribution in [0.5, 0.6) is 0 Å². The standard InChI is InChI=1S/C9H14BrIO/c1-6(2)8(5-12-11)9(10)7(3)4/h5H2,1-4H3. The first-order valence-electron chi connectivity index (χ1n) is 3.74. The van der Waals surface area contributed by atoms with Crippen molar-refractivity contribution in [2.75, 3.05) is 6.61 Å². The van der Waals surface area contributed by atoms with Gasteiger partial charge in [-0.25, -0.2) is 0 Å². The molecule has 0 spiro atoms. The number of hydrogen-bond acceptors (Lipinski definition) is 1. The molecule has 0 aromatic heterocycles. The molecule has 0 fully saturated rings. The van der Waals surface area contributed by atoms with E-state index in [9.17, 15) is 0 Å². The van der Waals surface area contributed by atoms with E-state index in [1.54, 1.807) is 0 Å². The molecule has 0 unspecified atom stereocenters. The van der Waals surface area contributed by atoms with Crippen LogP contribution in [-0.2, 0) is 3.07 Å². The Morgan fingerprint density at radius 3 is 1.92 bits per heavy atom. The largest absolute Gasteiger partial charge is 0.311 e. The molecule has 0 saturated heterocycles. The van der Waals surface area contributed by atoms with Crippen molar-refractivity contribution in [2.24, 2.45) is 0 Å². The first-order chi connectivity index (χ1) is 5.50. The third-order valence-corrected chi connectivity index (χ3v) is 3.09. The third-order valence-electron chi connectivity index (χ3n) is 1.51. The fourth-order valence-electron chi connectivity index (χ4n) is 0.784. The van der Waals surface area contributed by atoms with E-state index >= 15 is 0 Å². The van der Waals surface area contributed by atoms with E-state index in [1.165, 1.54) is 21.2 Å². The fourth-order valence-corrected chi connectivity index (χ4v) is 1.61. The average Bonchev–Trinajstić information content (AvgIpc) is 1.98. The Bertz CT molecular complexity index is 211. The van der Waals surface area contributed by atoms with Crippen LogP contribution in [0.3, 0.4) is 0 Å². The summed E-state index contributed by atoms with van der Waals surface area (Å²) in [5, 5.41) is 0. The summed E-state index contributed by atoms with van der Waals surface area (Å²) in [5.41, 5.74) is 3.81. The summed E-state index contributed by atoms with van der Waals surface area (Å²) in [7, 11) is 0. The molecule has 12 heavy (non-hydrogen) atoms. The maximum atomic E-state index is 5.08. The summed E-state index contributed by atoms with van der Waals surface area (Å²) in [6.07, 6.45) is 0. The second kappa shape index (κ2) is 6.16. The van der Waals surface area contributed by atoms with E-state index in [-0.39, 0.29) is 0 Å². The first-order valence-corrected chi connectivity index (χ1v) is 5.41. The van der Waals surface area contributed by atoms with E-state index in [2.05, 4.69) is 43.6 Å². The summed E-state index contributed by atoms with van der Waals surface area (Å²) < 4.78 is 6.25. The van der Waals surface area contributed by atoms with Crippen LogP contribution >= 0.6 is 38.9 Å². The molecule has 0 aromatic carbocycles. The van der Waals surface area contributed by atoms with Crippen molar-refractivity contribution >= 4 is 38.9 Å². The quantitative estimate of drug-likeness (QED) is 0.545. The minimum Gasteiger partial charge on any atom is -0.311 e. The Morgan fingerprint density at radius 1 is 1.17 bits per heavy atom. The molecule has 0 aliphatic rings. The van der Waals surface area contributed by atoms with Gasteiger partial charge < -0.3 is 3.07 Å². The van der Waals surface area contributed by atoms with Crippen molar-refractivity contribution < 1.29 is 3.07 Å². The predicted molar refractivity (Wildman–Crippen MR) is 65.6 cm³/mol. The number of halogens is 2. The normalized spacial score (nSPS) is 9.50. The van der Waals surface area contributed by atoms with Crippen LogP contribution in [0, 0.1) is 0 Å². The van der Waals surface area contributed by atoms with Gasteiger partial charge in [0.15, 0.2) is 0 Å². The molecule has 0 bridgehead atoms. The minimum absolute atomic E-state index is 0.661. The van der Waals surface area contributed by atoms with E-state index < -0.39 is 0 Å². The molecule has 0 amide bonds. The summed E-state index contributed by atoms with van der Waals surface area (Å²) in [5.74, 6) is 0. The summed E-state index contributed by atoms with van der Waals surface area (Å²) >= 11 is 5.46. The van der Waals surface area contributed by atoms with Crippen molar-refractivity contribution in [2.45, 2.75) is 27.7 Å². The second-order valence-corrected chi connectivity index (χ2v) is 4.46.